The second-order valence-electron chi connectivity index (χ2n) is 3.45. The lowest BCUT2D eigenvalue weighted by molar-refractivity contribution is -0.142. The van der Waals surface area contributed by atoms with Crippen molar-refractivity contribution in [1.82, 2.24) is 4.98 Å². The summed E-state index contributed by atoms with van der Waals surface area (Å²) in [5, 5.41) is 0.0270. The van der Waals surface area contributed by atoms with Gasteiger partial charge in [0, 0.05) is 12.1 Å². The predicted molar refractivity (Wildman–Crippen MR) is 62.4 cm³/mol. The summed E-state index contributed by atoms with van der Waals surface area (Å²) >= 11 is 5.70. The summed E-state index contributed by atoms with van der Waals surface area (Å²) in [7, 11) is 0. The number of esters is 1. The summed E-state index contributed by atoms with van der Waals surface area (Å²) in [4.78, 5) is 15.1. The highest BCUT2D eigenvalue weighted by atomic mass is 35.5. The molecule has 7 heteroatoms. The largest absolute Gasteiger partial charge is 0.466 e. The summed E-state index contributed by atoms with van der Waals surface area (Å²) < 4.78 is 30.6. The minimum absolute atomic E-state index is 0.00296. The van der Waals surface area contributed by atoms with Crippen molar-refractivity contribution in [2.45, 2.75) is 26.3 Å². The molecule has 0 radical (unpaired) electrons. The number of nitrogens with two attached hydrogens (primary N) is 1. The van der Waals surface area contributed by atoms with Crippen LogP contribution in [0.5, 0.6) is 0 Å². The highest BCUT2D eigenvalue weighted by Crippen LogP contribution is 2.28. The lowest BCUT2D eigenvalue weighted by atomic mass is 10.0. The second kappa shape index (κ2) is 6.61. The van der Waals surface area contributed by atoms with Crippen molar-refractivity contribution in [2.75, 3.05) is 6.61 Å². The van der Waals surface area contributed by atoms with Crippen molar-refractivity contribution in [3.8, 4) is 0 Å². The first-order valence-electron chi connectivity index (χ1n) is 5.31. The van der Waals surface area contributed by atoms with Crippen molar-refractivity contribution in [3.63, 3.8) is 0 Å². The molecule has 1 aromatic rings. The van der Waals surface area contributed by atoms with E-state index in [4.69, 9.17) is 22.1 Å². The number of hydrogen-bond donors (Lipinski definition) is 1. The zero-order valence-electron chi connectivity index (χ0n) is 9.75. The van der Waals surface area contributed by atoms with E-state index in [9.17, 15) is 13.6 Å². The van der Waals surface area contributed by atoms with Gasteiger partial charge in [0.15, 0.2) is 0 Å². The van der Waals surface area contributed by atoms with Crippen LogP contribution < -0.4 is 5.73 Å². The Hall–Kier alpha value is -1.27. The van der Waals surface area contributed by atoms with E-state index in [-0.39, 0.29) is 41.5 Å². The van der Waals surface area contributed by atoms with E-state index < -0.39 is 12.4 Å². The minimum Gasteiger partial charge on any atom is -0.466 e. The molecule has 4 nitrogen and oxygen atoms in total. The average Bonchev–Trinajstić information content (AvgIpc) is 2.27. The number of carbonyl (C=O) groups is 1. The van der Waals surface area contributed by atoms with Crippen molar-refractivity contribution >= 4 is 17.6 Å². The quantitative estimate of drug-likeness (QED) is 0.663. The minimum atomic E-state index is -2.77. The summed E-state index contributed by atoms with van der Waals surface area (Å²) in [5.41, 5.74) is 5.10. The van der Waals surface area contributed by atoms with Crippen LogP contribution in [-0.2, 0) is 22.5 Å². The third-order valence-corrected chi connectivity index (χ3v) is 2.44. The third kappa shape index (κ3) is 3.61. The zero-order valence-corrected chi connectivity index (χ0v) is 10.5. The maximum absolute atomic E-state index is 13.0. The van der Waals surface area contributed by atoms with Crippen LogP contribution in [0.3, 0.4) is 0 Å². The van der Waals surface area contributed by atoms with Crippen LogP contribution in [0.15, 0.2) is 6.07 Å². The highest BCUT2D eigenvalue weighted by Gasteiger charge is 2.21. The van der Waals surface area contributed by atoms with Gasteiger partial charge in [0.05, 0.1) is 18.7 Å². The Kier molecular flexibility index (Phi) is 5.43. The maximum Gasteiger partial charge on any atom is 0.310 e. The van der Waals surface area contributed by atoms with Crippen LogP contribution >= 0.6 is 11.6 Å². The van der Waals surface area contributed by atoms with Crippen LogP contribution in [0.1, 0.15) is 30.2 Å². The Morgan fingerprint density at radius 3 is 2.78 bits per heavy atom. The van der Waals surface area contributed by atoms with Gasteiger partial charge in [-0.3, -0.25) is 4.79 Å². The monoisotopic (exact) mass is 278 g/mol. The van der Waals surface area contributed by atoms with E-state index in [2.05, 4.69) is 4.98 Å². The SMILES string of the molecule is CCOC(=O)Cc1cc(Cl)nc(CN)c1C(F)F. The molecule has 2 N–H and O–H groups in total. The molecule has 0 saturated heterocycles. The Morgan fingerprint density at radius 1 is 1.61 bits per heavy atom. The van der Waals surface area contributed by atoms with Crippen LogP contribution in [0.25, 0.3) is 0 Å². The number of alkyl halides is 2. The summed E-state index contributed by atoms with van der Waals surface area (Å²) in [5.74, 6) is -0.593. The molecule has 18 heavy (non-hydrogen) atoms. The Morgan fingerprint density at radius 2 is 2.28 bits per heavy atom. The average molecular weight is 279 g/mol. The predicted octanol–water partition coefficient (Wildman–Crippen LogP) is 2.24. The smallest absolute Gasteiger partial charge is 0.310 e. The van der Waals surface area contributed by atoms with Gasteiger partial charge in [-0.15, -0.1) is 0 Å². The number of ether oxygens (including phenoxy) is 1. The van der Waals surface area contributed by atoms with Crippen LogP contribution in [0, 0.1) is 0 Å². The number of carbonyl (C=O) groups excluding carboxylic acids is 1. The van der Waals surface area contributed by atoms with E-state index in [1.807, 2.05) is 0 Å². The number of pyridine rings is 1. The standard InChI is InChI=1S/C11H13ClF2N2O2/c1-2-18-9(17)4-6-3-8(12)16-7(5-15)10(6)11(13)14/h3,11H,2,4-5,15H2,1H3. The molecule has 0 aromatic carbocycles. The molecule has 0 fully saturated rings. The van der Waals surface area contributed by atoms with Crippen molar-refractivity contribution in [1.29, 1.82) is 0 Å². The Bertz CT molecular complexity index is 441. The maximum atomic E-state index is 13.0. The molecular formula is C11H13ClF2N2O2. The molecule has 0 spiro atoms. The third-order valence-electron chi connectivity index (χ3n) is 2.24. The number of hydrogen-bond acceptors (Lipinski definition) is 4. The van der Waals surface area contributed by atoms with Gasteiger partial charge in [0.2, 0.25) is 0 Å². The van der Waals surface area contributed by atoms with Gasteiger partial charge in [-0.1, -0.05) is 11.6 Å². The van der Waals surface area contributed by atoms with Crippen molar-refractivity contribution in [2.24, 2.45) is 5.73 Å². The van der Waals surface area contributed by atoms with Gasteiger partial charge >= 0.3 is 5.97 Å². The summed E-state index contributed by atoms with van der Waals surface area (Å²) in [6, 6.07) is 1.24. The van der Waals surface area contributed by atoms with Gasteiger partial charge in [-0.25, -0.2) is 13.8 Å². The van der Waals surface area contributed by atoms with Gasteiger partial charge in [0.1, 0.15) is 5.15 Å². The molecule has 0 bridgehead atoms. The van der Waals surface area contributed by atoms with Crippen LogP contribution in [0.2, 0.25) is 5.15 Å². The van der Waals surface area contributed by atoms with E-state index in [1.165, 1.54) is 6.07 Å². The molecule has 0 unspecified atom stereocenters. The van der Waals surface area contributed by atoms with Gasteiger partial charge in [-0.2, -0.15) is 0 Å². The molecule has 0 amide bonds. The van der Waals surface area contributed by atoms with Crippen molar-refractivity contribution in [3.05, 3.63) is 28.0 Å². The molecule has 0 saturated carbocycles. The number of aromatic nitrogens is 1. The molecule has 0 atom stereocenters. The lowest BCUT2D eigenvalue weighted by Crippen LogP contribution is -2.13. The van der Waals surface area contributed by atoms with E-state index in [0.29, 0.717) is 0 Å². The first-order chi connectivity index (χ1) is 8.49. The van der Waals surface area contributed by atoms with E-state index in [1.54, 1.807) is 6.92 Å². The summed E-state index contributed by atoms with van der Waals surface area (Å²) in [6.45, 7) is 1.65. The Labute approximate surface area is 108 Å². The first kappa shape index (κ1) is 14.8. The molecule has 100 valence electrons. The van der Waals surface area contributed by atoms with Crippen LogP contribution in [-0.4, -0.2) is 17.6 Å². The summed E-state index contributed by atoms with van der Waals surface area (Å²) in [6.07, 6.45) is -3.04. The van der Waals surface area contributed by atoms with E-state index >= 15 is 0 Å². The molecular weight excluding hydrogens is 266 g/mol. The zero-order chi connectivity index (χ0) is 13.7. The molecule has 0 aliphatic rings. The number of halogens is 3. The highest BCUT2D eigenvalue weighted by molar-refractivity contribution is 6.29. The lowest BCUT2D eigenvalue weighted by Gasteiger charge is -2.12. The van der Waals surface area contributed by atoms with E-state index in [0.717, 1.165) is 0 Å². The van der Waals surface area contributed by atoms with Gasteiger partial charge in [0.25, 0.3) is 6.43 Å². The molecule has 1 rings (SSSR count). The first-order valence-corrected chi connectivity index (χ1v) is 5.69. The fourth-order valence-corrected chi connectivity index (χ4v) is 1.80. The molecule has 1 heterocycles. The molecule has 0 aliphatic carbocycles. The topological polar surface area (TPSA) is 65.2 Å². The fraction of sp³-hybridized carbons (Fsp3) is 0.455. The Balaban J connectivity index is 3.15. The molecule has 0 aliphatic heterocycles. The fourth-order valence-electron chi connectivity index (χ4n) is 1.56. The normalized spacial score (nSPS) is 10.8. The number of nitrogens with zero attached hydrogens (tertiary/aromatic N) is 1. The molecule has 1 aromatic heterocycles. The van der Waals surface area contributed by atoms with Crippen molar-refractivity contribution < 1.29 is 18.3 Å². The number of rotatable bonds is 5. The second-order valence-corrected chi connectivity index (χ2v) is 3.84. The van der Waals surface area contributed by atoms with Crippen LogP contribution in [0.4, 0.5) is 8.78 Å². The van der Waals surface area contributed by atoms with Gasteiger partial charge in [-0.05, 0) is 18.6 Å². The van der Waals surface area contributed by atoms with Gasteiger partial charge < -0.3 is 10.5 Å².